The molecule has 0 radical (unpaired) electrons. The second-order valence-electron chi connectivity index (χ2n) is 7.80. The van der Waals surface area contributed by atoms with Gasteiger partial charge in [-0.1, -0.05) is 24.3 Å². The molecule has 4 rings (SSSR count). The van der Waals surface area contributed by atoms with Crippen LogP contribution < -0.4 is 0 Å². The zero-order chi connectivity index (χ0) is 26.1. The maximum absolute atomic E-state index is 13.5. The Morgan fingerprint density at radius 2 is 1.00 bits per heavy atom. The molecule has 0 fully saturated rings. The van der Waals surface area contributed by atoms with E-state index in [0.29, 0.717) is 24.5 Å². The van der Waals surface area contributed by atoms with Crippen LogP contribution in [0.15, 0.2) is 48.5 Å². The van der Waals surface area contributed by atoms with Crippen molar-refractivity contribution in [3.63, 3.8) is 0 Å². The molecule has 2 aromatic heterocycles. The van der Waals surface area contributed by atoms with E-state index in [9.17, 15) is 26.3 Å². The van der Waals surface area contributed by atoms with Gasteiger partial charge >= 0.3 is 12.4 Å². The van der Waals surface area contributed by atoms with Crippen LogP contribution in [0.2, 0.25) is 0 Å². The minimum atomic E-state index is -4.58. The Kier molecular flexibility index (Phi) is 7.18. The fourth-order valence-corrected chi connectivity index (χ4v) is 4.37. The summed E-state index contributed by atoms with van der Waals surface area (Å²) in [5.41, 5.74) is -1.96. The van der Waals surface area contributed by atoms with Gasteiger partial charge < -0.3 is 0 Å². The molecule has 0 atom stereocenters. The summed E-state index contributed by atoms with van der Waals surface area (Å²) in [4.78, 5) is 0. The van der Waals surface area contributed by atoms with Gasteiger partial charge in [-0.3, -0.25) is 19.3 Å². The van der Waals surface area contributed by atoms with E-state index in [1.165, 1.54) is 45.5 Å². The molecule has 0 aliphatic rings. The average molecular weight is 545 g/mol. The van der Waals surface area contributed by atoms with Crippen LogP contribution in [0.1, 0.15) is 35.6 Å². The van der Waals surface area contributed by atoms with E-state index in [0.717, 1.165) is 12.1 Å². The molecule has 2 N–H and O–H groups in total. The van der Waals surface area contributed by atoms with Crippen molar-refractivity contribution in [3.05, 3.63) is 80.8 Å². The van der Waals surface area contributed by atoms with E-state index in [2.05, 4.69) is 20.4 Å². The van der Waals surface area contributed by atoms with Crippen LogP contribution >= 0.6 is 24.4 Å². The second-order valence-corrected chi connectivity index (χ2v) is 8.57. The van der Waals surface area contributed by atoms with Gasteiger partial charge in [0.1, 0.15) is 11.6 Å². The first-order valence-corrected chi connectivity index (χ1v) is 11.5. The molecule has 0 aliphatic heterocycles. The number of nitrogens with one attached hydrogen (secondary N) is 2. The molecule has 6 nitrogen and oxygen atoms in total. The number of H-pyrrole nitrogens is 2. The summed E-state index contributed by atoms with van der Waals surface area (Å²) in [7, 11) is 0. The maximum atomic E-state index is 13.5. The highest BCUT2D eigenvalue weighted by atomic mass is 32.1. The van der Waals surface area contributed by atoms with Crippen LogP contribution in [-0.2, 0) is 25.2 Å². The van der Waals surface area contributed by atoms with E-state index in [1.807, 2.05) is 0 Å². The SMILES string of the molecule is FC(F)(F)c1ccccc1-n1c(CCCCc2n[nH]c(=S)n2-c2ccccc2C(F)(F)F)n[nH]c1=S. The van der Waals surface area contributed by atoms with Crippen molar-refractivity contribution in [3.8, 4) is 11.4 Å². The Labute approximate surface area is 210 Å². The first-order valence-electron chi connectivity index (χ1n) is 10.6. The van der Waals surface area contributed by atoms with Gasteiger partial charge in [0.2, 0.25) is 0 Å². The summed E-state index contributed by atoms with van der Waals surface area (Å²) in [6.07, 6.45) is -7.72. The van der Waals surface area contributed by atoms with Crippen LogP contribution in [-0.4, -0.2) is 29.5 Å². The molecule has 0 spiro atoms. The van der Waals surface area contributed by atoms with Crippen LogP contribution in [0.5, 0.6) is 0 Å². The molecule has 0 aliphatic carbocycles. The molecule has 0 amide bonds. The Morgan fingerprint density at radius 1 is 0.639 bits per heavy atom. The van der Waals surface area contributed by atoms with E-state index in [1.54, 1.807) is 0 Å². The lowest BCUT2D eigenvalue weighted by atomic mass is 10.1. The fourth-order valence-electron chi connectivity index (χ4n) is 3.87. The Morgan fingerprint density at radius 3 is 1.36 bits per heavy atom. The van der Waals surface area contributed by atoms with Gasteiger partial charge in [0, 0.05) is 12.8 Å². The Balaban J connectivity index is 1.53. The number of unbranched alkanes of at least 4 members (excludes halogenated alkanes) is 1. The molecule has 2 aromatic carbocycles. The van der Waals surface area contributed by atoms with Gasteiger partial charge in [-0.15, -0.1) is 0 Å². The number of hydrogen-bond donors (Lipinski definition) is 2. The first kappa shape index (κ1) is 25.8. The standard InChI is InChI=1S/C22H18F6N6S2/c23-21(24,25)13-7-1-3-9-15(13)33-17(29-31-19(33)35)11-5-6-12-18-30-32-20(36)34(18)16-10-4-2-8-14(16)22(26,27)28/h1-4,7-10H,5-6,11-12H2,(H,31,35)(H,32,36). The molecule has 0 saturated carbocycles. The van der Waals surface area contributed by atoms with Crippen molar-refractivity contribution >= 4 is 24.4 Å². The molecule has 14 heteroatoms. The summed E-state index contributed by atoms with van der Waals surface area (Å²) in [6, 6.07) is 10.1. The Bertz CT molecular complexity index is 1370. The number of nitrogens with zero attached hydrogens (tertiary/aromatic N) is 4. The van der Waals surface area contributed by atoms with Crippen molar-refractivity contribution in [2.75, 3.05) is 0 Å². The number of halogens is 6. The normalized spacial score (nSPS) is 12.3. The zero-order valence-electron chi connectivity index (χ0n) is 18.3. The number of rotatable bonds is 7. The predicted molar refractivity (Wildman–Crippen MR) is 124 cm³/mol. The minimum absolute atomic E-state index is 0.0198. The highest BCUT2D eigenvalue weighted by Crippen LogP contribution is 2.35. The van der Waals surface area contributed by atoms with Gasteiger partial charge in [-0.25, -0.2) is 0 Å². The first-order chi connectivity index (χ1) is 17.0. The van der Waals surface area contributed by atoms with Crippen molar-refractivity contribution in [1.29, 1.82) is 0 Å². The van der Waals surface area contributed by atoms with Crippen molar-refractivity contribution in [2.24, 2.45) is 0 Å². The average Bonchev–Trinajstić information content (AvgIpc) is 3.37. The van der Waals surface area contributed by atoms with Gasteiger partial charge in [0.25, 0.3) is 0 Å². The van der Waals surface area contributed by atoms with E-state index >= 15 is 0 Å². The fraction of sp³-hybridized carbons (Fsp3) is 0.273. The molecule has 4 aromatic rings. The van der Waals surface area contributed by atoms with E-state index in [4.69, 9.17) is 24.4 Å². The van der Waals surface area contributed by atoms with Gasteiger partial charge in [0.05, 0.1) is 22.5 Å². The molecule has 0 unspecified atom stereocenters. The molecule has 36 heavy (non-hydrogen) atoms. The molecular weight excluding hydrogens is 526 g/mol. The van der Waals surface area contributed by atoms with Gasteiger partial charge in [-0.05, 0) is 61.5 Å². The van der Waals surface area contributed by atoms with Crippen LogP contribution in [0.25, 0.3) is 11.4 Å². The van der Waals surface area contributed by atoms with Gasteiger partial charge in [0.15, 0.2) is 9.54 Å². The largest absolute Gasteiger partial charge is 0.418 e. The Hall–Kier alpha value is -3.26. The molecule has 190 valence electrons. The number of aryl methyl sites for hydroxylation is 2. The lowest BCUT2D eigenvalue weighted by Crippen LogP contribution is -2.13. The summed E-state index contributed by atoms with van der Waals surface area (Å²) >= 11 is 10.3. The van der Waals surface area contributed by atoms with E-state index in [-0.39, 0.29) is 33.8 Å². The van der Waals surface area contributed by atoms with Crippen molar-refractivity contribution < 1.29 is 26.3 Å². The lowest BCUT2D eigenvalue weighted by molar-refractivity contribution is -0.138. The monoisotopic (exact) mass is 544 g/mol. The quantitative estimate of drug-likeness (QED) is 0.153. The smallest absolute Gasteiger partial charge is 0.272 e. The molecule has 2 heterocycles. The number of aromatic nitrogens is 6. The van der Waals surface area contributed by atoms with Crippen LogP contribution in [0.4, 0.5) is 26.3 Å². The third-order valence-corrected chi connectivity index (χ3v) is 5.98. The third-order valence-electron chi connectivity index (χ3n) is 5.44. The zero-order valence-corrected chi connectivity index (χ0v) is 20.0. The topological polar surface area (TPSA) is 67.2 Å². The number of hydrogen-bond acceptors (Lipinski definition) is 4. The predicted octanol–water partition coefficient (Wildman–Crippen LogP) is 6.78. The number of aromatic amines is 2. The minimum Gasteiger partial charge on any atom is -0.272 e. The maximum Gasteiger partial charge on any atom is 0.418 e. The lowest BCUT2D eigenvalue weighted by Gasteiger charge is -2.15. The van der Waals surface area contributed by atoms with Crippen molar-refractivity contribution in [2.45, 2.75) is 38.0 Å². The highest BCUT2D eigenvalue weighted by molar-refractivity contribution is 7.71. The second kappa shape index (κ2) is 10.0. The van der Waals surface area contributed by atoms with Crippen LogP contribution in [0.3, 0.4) is 0 Å². The summed E-state index contributed by atoms with van der Waals surface area (Å²) in [6.45, 7) is 0. The highest BCUT2D eigenvalue weighted by Gasteiger charge is 2.35. The molecule has 0 saturated heterocycles. The summed E-state index contributed by atoms with van der Waals surface area (Å²) in [5, 5.41) is 13.2. The number of para-hydroxylation sites is 2. The number of alkyl halides is 6. The summed E-state index contributed by atoms with van der Waals surface area (Å²) < 4.78 is 83.6. The van der Waals surface area contributed by atoms with Crippen molar-refractivity contribution in [1.82, 2.24) is 29.5 Å². The van der Waals surface area contributed by atoms with Crippen LogP contribution in [0, 0.1) is 9.54 Å². The van der Waals surface area contributed by atoms with Gasteiger partial charge in [-0.2, -0.15) is 36.5 Å². The third kappa shape index (κ3) is 5.28. The molecular formula is C22H18F6N6S2. The summed E-state index contributed by atoms with van der Waals surface area (Å²) in [5.74, 6) is 0.607. The number of benzene rings is 2. The molecule has 0 bridgehead atoms. The van der Waals surface area contributed by atoms with E-state index < -0.39 is 23.5 Å².